The van der Waals surface area contributed by atoms with Crippen molar-refractivity contribution in [2.24, 2.45) is 0 Å². The minimum Gasteiger partial charge on any atom is -0.466 e. The first-order chi connectivity index (χ1) is 13.9. The van der Waals surface area contributed by atoms with Crippen LogP contribution in [0.3, 0.4) is 0 Å². The molecule has 0 spiro atoms. The molecular weight excluding hydrogens is 382 g/mol. The Morgan fingerprint density at radius 3 is 1.62 bits per heavy atom. The maximum Gasteiger partial charge on any atom is 0.513 e. The highest BCUT2D eigenvalue weighted by Gasteiger charge is 2.28. The zero-order valence-corrected chi connectivity index (χ0v) is 16.5. The molecule has 0 atom stereocenters. The van der Waals surface area contributed by atoms with Crippen LogP contribution in [-0.4, -0.2) is 38.1 Å². The van der Waals surface area contributed by atoms with Gasteiger partial charge in [-0.05, 0) is 26.3 Å². The lowest BCUT2D eigenvalue weighted by molar-refractivity contribution is -0.142. The molecule has 0 radical (unpaired) electrons. The molecular formula is C20H23NO8. The van der Waals surface area contributed by atoms with E-state index in [0.29, 0.717) is 16.7 Å². The topological polar surface area (TPSA) is 123 Å². The van der Waals surface area contributed by atoms with Crippen LogP contribution in [0.15, 0.2) is 24.3 Å². The SMILES string of the molecule is CCOC(=O)Cc1ccc2c(OC(=O)OCC)c(N)c(OC(=O)OCC)c-2cc1. The minimum atomic E-state index is -0.952. The van der Waals surface area contributed by atoms with E-state index in [1.165, 1.54) is 0 Å². The van der Waals surface area contributed by atoms with Gasteiger partial charge in [-0.25, -0.2) is 9.59 Å². The first-order valence-corrected chi connectivity index (χ1v) is 9.10. The number of hydrogen-bond acceptors (Lipinski definition) is 9. The predicted octanol–water partition coefficient (Wildman–Crippen LogP) is 3.55. The first-order valence-electron chi connectivity index (χ1n) is 9.10. The Labute approximate surface area is 168 Å². The van der Waals surface area contributed by atoms with Gasteiger partial charge in [0.25, 0.3) is 0 Å². The van der Waals surface area contributed by atoms with Crippen LogP contribution in [0, 0.1) is 0 Å². The second-order valence-electron chi connectivity index (χ2n) is 5.69. The number of nitrogens with two attached hydrogens (primary N) is 1. The van der Waals surface area contributed by atoms with Crippen molar-refractivity contribution in [2.45, 2.75) is 27.2 Å². The van der Waals surface area contributed by atoms with Gasteiger partial charge in [-0.15, -0.1) is 0 Å². The molecule has 0 fully saturated rings. The molecule has 2 rings (SSSR count). The first kappa shape index (κ1) is 21.8. The van der Waals surface area contributed by atoms with Crippen LogP contribution >= 0.6 is 0 Å². The van der Waals surface area contributed by atoms with Crippen LogP contribution in [-0.2, 0) is 25.4 Å². The highest BCUT2D eigenvalue weighted by atomic mass is 16.7. The summed E-state index contributed by atoms with van der Waals surface area (Å²) in [5.41, 5.74) is 7.44. The van der Waals surface area contributed by atoms with Crippen molar-refractivity contribution in [1.29, 1.82) is 0 Å². The predicted molar refractivity (Wildman–Crippen MR) is 103 cm³/mol. The van der Waals surface area contributed by atoms with E-state index in [4.69, 9.17) is 29.4 Å². The van der Waals surface area contributed by atoms with Gasteiger partial charge in [0.15, 0.2) is 11.5 Å². The van der Waals surface area contributed by atoms with E-state index in [2.05, 4.69) is 0 Å². The zero-order valence-electron chi connectivity index (χ0n) is 16.5. The van der Waals surface area contributed by atoms with Crippen LogP contribution in [0.2, 0.25) is 0 Å². The van der Waals surface area contributed by atoms with Crippen molar-refractivity contribution in [3.05, 3.63) is 29.8 Å². The molecule has 2 aliphatic carbocycles. The summed E-state index contributed by atoms with van der Waals surface area (Å²) in [6.45, 7) is 5.48. The largest absolute Gasteiger partial charge is 0.513 e. The van der Waals surface area contributed by atoms with Crippen LogP contribution < -0.4 is 15.2 Å². The van der Waals surface area contributed by atoms with Gasteiger partial charge >= 0.3 is 18.3 Å². The quantitative estimate of drug-likeness (QED) is 0.544. The summed E-state index contributed by atoms with van der Waals surface area (Å²) >= 11 is 0. The molecule has 156 valence electrons. The zero-order chi connectivity index (χ0) is 21.4. The van der Waals surface area contributed by atoms with E-state index in [1.807, 2.05) is 0 Å². The third-order valence-corrected chi connectivity index (χ3v) is 3.75. The van der Waals surface area contributed by atoms with Crippen LogP contribution in [0.25, 0.3) is 11.1 Å². The minimum absolute atomic E-state index is 0.0176. The number of ether oxygens (including phenoxy) is 5. The van der Waals surface area contributed by atoms with Gasteiger partial charge in [0.2, 0.25) is 0 Å². The van der Waals surface area contributed by atoms with Crippen LogP contribution in [0.5, 0.6) is 11.5 Å². The average molecular weight is 405 g/mol. The van der Waals surface area contributed by atoms with E-state index in [0.717, 1.165) is 0 Å². The Bertz CT molecular complexity index is 806. The summed E-state index contributed by atoms with van der Waals surface area (Å²) in [4.78, 5) is 35.4. The molecule has 0 saturated heterocycles. The molecule has 0 aromatic carbocycles. The highest BCUT2D eigenvalue weighted by molar-refractivity contribution is 5.95. The van der Waals surface area contributed by atoms with Gasteiger partial charge in [0.05, 0.1) is 26.2 Å². The Kier molecular flexibility index (Phi) is 7.64. The van der Waals surface area contributed by atoms with Crippen LogP contribution in [0.4, 0.5) is 15.3 Å². The van der Waals surface area contributed by atoms with E-state index >= 15 is 0 Å². The number of esters is 1. The summed E-state index contributed by atoms with van der Waals surface area (Å²) in [5.74, 6) is -0.420. The molecule has 0 aromatic rings. The van der Waals surface area contributed by atoms with Gasteiger partial charge in [-0.3, -0.25) is 4.79 Å². The van der Waals surface area contributed by atoms with Gasteiger partial charge in [0, 0.05) is 11.1 Å². The highest BCUT2D eigenvalue weighted by Crippen LogP contribution is 2.50. The van der Waals surface area contributed by atoms with E-state index < -0.39 is 12.3 Å². The Balaban J connectivity index is 2.49. The Hall–Kier alpha value is -3.49. The third-order valence-electron chi connectivity index (χ3n) is 3.75. The molecule has 2 N–H and O–H groups in total. The molecule has 0 aromatic heterocycles. The van der Waals surface area contributed by atoms with Crippen molar-refractivity contribution in [3.8, 4) is 22.6 Å². The molecule has 29 heavy (non-hydrogen) atoms. The van der Waals surface area contributed by atoms with E-state index in [1.54, 1.807) is 45.0 Å². The number of carbonyl (C=O) groups is 3. The molecule has 0 saturated carbocycles. The van der Waals surface area contributed by atoms with Gasteiger partial charge in [-0.2, -0.15) is 0 Å². The lowest BCUT2D eigenvalue weighted by Crippen LogP contribution is -2.12. The standard InChI is InChI=1S/C20H23NO8/c1-4-25-15(22)11-12-7-9-13-14(10-8-12)18(29-20(24)27-6-3)16(21)17(13)28-19(23)26-5-2/h7-10H,4-6,11,21H2,1-3H3. The maximum absolute atomic E-state index is 11.8. The molecule has 0 aliphatic heterocycles. The average Bonchev–Trinajstić information content (AvgIpc) is 2.80. The number of nitrogen functional groups attached to an aromatic ring is 1. The Morgan fingerprint density at radius 1 is 0.759 bits per heavy atom. The molecule has 9 nitrogen and oxygen atoms in total. The number of fused-ring (bicyclic) bond motifs is 1. The van der Waals surface area contributed by atoms with Crippen molar-refractivity contribution in [1.82, 2.24) is 0 Å². The summed E-state index contributed by atoms with van der Waals surface area (Å²) in [6.07, 6.45) is -1.86. The fourth-order valence-electron chi connectivity index (χ4n) is 2.58. The fraction of sp³-hybridized carbons (Fsp3) is 0.350. The van der Waals surface area contributed by atoms with Crippen molar-refractivity contribution >= 4 is 24.0 Å². The smallest absolute Gasteiger partial charge is 0.466 e. The molecule has 0 unspecified atom stereocenters. The second-order valence-corrected chi connectivity index (χ2v) is 5.69. The summed E-state index contributed by atoms with van der Waals surface area (Å²) < 4.78 is 25.0. The summed E-state index contributed by atoms with van der Waals surface area (Å²) in [5, 5.41) is 0. The lowest BCUT2D eigenvalue weighted by Gasteiger charge is -2.05. The second kappa shape index (κ2) is 10.2. The van der Waals surface area contributed by atoms with Crippen molar-refractivity contribution in [3.63, 3.8) is 0 Å². The Morgan fingerprint density at radius 2 is 1.21 bits per heavy atom. The third kappa shape index (κ3) is 5.50. The van der Waals surface area contributed by atoms with Crippen molar-refractivity contribution < 1.29 is 38.1 Å². The molecule has 2 aliphatic rings. The monoisotopic (exact) mass is 405 g/mol. The van der Waals surface area contributed by atoms with Gasteiger partial charge in [0.1, 0.15) is 5.69 Å². The number of hydrogen-bond donors (Lipinski definition) is 1. The lowest BCUT2D eigenvalue weighted by atomic mass is 10.2. The number of anilines is 1. The summed E-state index contributed by atoms with van der Waals surface area (Å²) in [7, 11) is 0. The fourth-order valence-corrected chi connectivity index (χ4v) is 2.58. The maximum atomic E-state index is 11.8. The molecule has 9 heteroatoms. The van der Waals surface area contributed by atoms with E-state index in [9.17, 15) is 14.4 Å². The molecule has 0 amide bonds. The van der Waals surface area contributed by atoms with Gasteiger partial charge in [-0.1, -0.05) is 24.3 Å². The summed E-state index contributed by atoms with van der Waals surface area (Å²) in [6, 6.07) is 6.52. The number of rotatable bonds is 7. The van der Waals surface area contributed by atoms with Gasteiger partial charge < -0.3 is 29.4 Å². The normalized spacial score (nSPS) is 10.3. The number of carbonyl (C=O) groups excluding carboxylic acids is 3. The van der Waals surface area contributed by atoms with E-state index in [-0.39, 0.29) is 49.4 Å². The molecule has 0 heterocycles. The van der Waals surface area contributed by atoms with Crippen molar-refractivity contribution in [2.75, 3.05) is 25.6 Å². The molecule has 0 bridgehead atoms. The van der Waals surface area contributed by atoms with Crippen LogP contribution in [0.1, 0.15) is 26.3 Å².